The Kier molecular flexibility index (Phi) is 16.5. The van der Waals surface area contributed by atoms with Crippen molar-refractivity contribution in [1.82, 2.24) is 6.15 Å². The molecule has 79 valence electrons. The summed E-state index contributed by atoms with van der Waals surface area (Å²) in [6.45, 7) is 0. The average molecular weight is 373 g/mol. The van der Waals surface area contributed by atoms with Gasteiger partial charge in [-0.1, -0.05) is 0 Å². The molecule has 0 unspecified atom stereocenters. The van der Waals surface area contributed by atoms with E-state index < -0.39 is 20.8 Å². The van der Waals surface area contributed by atoms with Gasteiger partial charge in [-0.05, 0) is 0 Å². The molecule has 0 heterocycles. The second-order valence-corrected chi connectivity index (χ2v) is 2.45. The van der Waals surface area contributed by atoms with Crippen LogP contribution in [0.4, 0.5) is 0 Å². The van der Waals surface area contributed by atoms with Crippen LogP contribution in [0.1, 0.15) is 0 Å². The monoisotopic (exact) mass is 374 g/mol. The van der Waals surface area contributed by atoms with E-state index in [0.29, 0.717) is 0 Å². The van der Waals surface area contributed by atoms with Crippen molar-refractivity contribution in [2.45, 2.75) is 0 Å². The van der Waals surface area contributed by atoms with E-state index in [4.69, 9.17) is 35.0 Å². The molecule has 0 atom stereocenters. The third kappa shape index (κ3) is 1150. The van der Waals surface area contributed by atoms with Crippen LogP contribution in [-0.2, 0) is 20.8 Å². The predicted molar refractivity (Wildman–Crippen MR) is 26.9 cm³/mol. The SMILES string of the molecule is O=S(=O)([O-])[O-].O=S(=O)([O-])[O-].[Dy+3].[NH4+]. The third-order valence-corrected chi connectivity index (χ3v) is 0. The van der Waals surface area contributed by atoms with Gasteiger partial charge < -0.3 is 24.4 Å². The Morgan fingerprint density at radius 3 is 0.667 bits per heavy atom. The summed E-state index contributed by atoms with van der Waals surface area (Å²) in [6.07, 6.45) is 0. The minimum atomic E-state index is -5.17. The maximum atomic E-state index is 8.52. The zero-order valence-electron chi connectivity index (χ0n) is 5.40. The Hall–Kier alpha value is 0.973. The van der Waals surface area contributed by atoms with Crippen LogP contribution in [0.25, 0.3) is 0 Å². The van der Waals surface area contributed by atoms with Gasteiger partial charge in [-0.3, -0.25) is 16.8 Å². The van der Waals surface area contributed by atoms with Gasteiger partial charge in [0.15, 0.2) is 0 Å². The quantitative estimate of drug-likeness (QED) is 0.361. The Bertz CT molecular complexity index is 213. The van der Waals surface area contributed by atoms with Crippen LogP contribution in [0.15, 0.2) is 0 Å². The first-order valence-electron chi connectivity index (χ1n) is 1.33. The summed E-state index contributed by atoms with van der Waals surface area (Å²) in [7, 11) is -10.3. The zero-order chi connectivity index (χ0) is 9.00. The molecule has 1 radical (unpaired) electrons. The molecule has 0 spiro atoms. The first-order chi connectivity index (χ1) is 4.00. The Morgan fingerprint density at radius 1 is 0.667 bits per heavy atom. The number of hydrogen-bond acceptors (Lipinski definition) is 8. The molecule has 4 N–H and O–H groups in total. The average Bonchev–Trinajstić information content (AvgIpc) is 1.12. The second kappa shape index (κ2) is 8.57. The fraction of sp³-hybridized carbons (Fsp3) is 0. The van der Waals surface area contributed by atoms with Crippen molar-refractivity contribution in [3.05, 3.63) is 0 Å². The van der Waals surface area contributed by atoms with Crippen molar-refractivity contribution < 1.29 is 73.2 Å². The van der Waals surface area contributed by atoms with Crippen molar-refractivity contribution in [2.24, 2.45) is 0 Å². The molecule has 0 amide bonds. The zero-order valence-corrected chi connectivity index (χ0v) is 9.06. The molecular formula is H4DyNO8S2. The topological polar surface area (TPSA) is 197 Å². The molecule has 0 fully saturated rings. The molecule has 0 aliphatic heterocycles. The Labute approximate surface area is 99.3 Å². The van der Waals surface area contributed by atoms with Crippen LogP contribution in [0.2, 0.25) is 0 Å². The van der Waals surface area contributed by atoms with Gasteiger partial charge in [0.2, 0.25) is 0 Å². The molecule has 0 aliphatic rings. The van der Waals surface area contributed by atoms with Crippen molar-refractivity contribution >= 4 is 20.8 Å². The number of hydrogen-bond donors (Lipinski definition) is 1. The second-order valence-electron chi connectivity index (χ2n) is 0.816. The molecule has 12 heteroatoms. The summed E-state index contributed by atoms with van der Waals surface area (Å²) in [6, 6.07) is 0. The summed E-state index contributed by atoms with van der Waals surface area (Å²) in [5.74, 6) is 0. The van der Waals surface area contributed by atoms with E-state index in [-0.39, 0.29) is 44.3 Å². The molecule has 0 rings (SSSR count). The molecule has 0 aromatic rings. The molecule has 0 bridgehead atoms. The predicted octanol–water partition coefficient (Wildman–Crippen LogP) is -2.30. The minimum absolute atomic E-state index is 0. The summed E-state index contributed by atoms with van der Waals surface area (Å²) in [4.78, 5) is 0. The summed E-state index contributed by atoms with van der Waals surface area (Å²) >= 11 is 0. The van der Waals surface area contributed by atoms with Gasteiger partial charge in [-0.25, -0.2) is 0 Å². The fourth-order valence-corrected chi connectivity index (χ4v) is 0. The molecule has 0 aromatic carbocycles. The number of rotatable bonds is 0. The van der Waals surface area contributed by atoms with Crippen LogP contribution < -0.4 is 6.15 Å². The van der Waals surface area contributed by atoms with Gasteiger partial charge in [-0.15, -0.1) is 0 Å². The van der Waals surface area contributed by atoms with Gasteiger partial charge in [-0.2, -0.15) is 0 Å². The molecule has 0 aromatic heterocycles. The van der Waals surface area contributed by atoms with Crippen LogP contribution in [-0.4, -0.2) is 35.0 Å². The molecule has 0 aliphatic carbocycles. The Morgan fingerprint density at radius 2 is 0.667 bits per heavy atom. The van der Waals surface area contributed by atoms with E-state index in [1.165, 1.54) is 0 Å². The molecule has 9 nitrogen and oxygen atoms in total. The Balaban J connectivity index is -0.0000000457. The molecule has 12 heavy (non-hydrogen) atoms. The van der Waals surface area contributed by atoms with E-state index in [0.717, 1.165) is 0 Å². The van der Waals surface area contributed by atoms with Crippen LogP contribution in [0.5, 0.6) is 0 Å². The van der Waals surface area contributed by atoms with Gasteiger partial charge in [0.1, 0.15) is 0 Å². The smallest absolute Gasteiger partial charge is 0.759 e. The minimum Gasteiger partial charge on any atom is -0.759 e. The van der Waals surface area contributed by atoms with Gasteiger partial charge in [0.25, 0.3) is 0 Å². The first-order valence-corrected chi connectivity index (χ1v) is 4.00. The van der Waals surface area contributed by atoms with Gasteiger partial charge in [0, 0.05) is 20.8 Å². The van der Waals surface area contributed by atoms with E-state index in [1.807, 2.05) is 0 Å². The molecule has 0 saturated heterocycles. The number of quaternary nitrogens is 1. The largest absolute Gasteiger partial charge is 3.00 e. The van der Waals surface area contributed by atoms with Crippen molar-refractivity contribution in [1.29, 1.82) is 0 Å². The maximum Gasteiger partial charge on any atom is 3.00 e. The summed E-state index contributed by atoms with van der Waals surface area (Å²) < 4.78 is 68.2. The molecule has 0 saturated carbocycles. The molecular weight excluding hydrogens is 369 g/mol. The standard InChI is InChI=1S/Dy.H3N.2H2O4S/c;;2*1-5(2,3)4/h;1H3;2*(H2,1,2,3,4)/q+3;;;/p-3. The van der Waals surface area contributed by atoms with Crippen LogP contribution in [0.3, 0.4) is 0 Å². The van der Waals surface area contributed by atoms with E-state index >= 15 is 0 Å². The van der Waals surface area contributed by atoms with Crippen molar-refractivity contribution in [3.8, 4) is 0 Å². The van der Waals surface area contributed by atoms with E-state index in [9.17, 15) is 0 Å². The van der Waals surface area contributed by atoms with Crippen LogP contribution in [0, 0.1) is 38.2 Å². The van der Waals surface area contributed by atoms with E-state index in [1.54, 1.807) is 0 Å². The normalized spacial score (nSPS) is 9.67. The van der Waals surface area contributed by atoms with Crippen LogP contribution >= 0.6 is 0 Å². The van der Waals surface area contributed by atoms with Gasteiger partial charge >= 0.3 is 38.2 Å². The summed E-state index contributed by atoms with van der Waals surface area (Å²) in [5, 5.41) is 0. The first kappa shape index (κ1) is 23.1. The maximum absolute atomic E-state index is 8.52. The van der Waals surface area contributed by atoms with Crippen molar-refractivity contribution in [3.63, 3.8) is 0 Å². The summed E-state index contributed by atoms with van der Waals surface area (Å²) in [5.41, 5.74) is 0. The van der Waals surface area contributed by atoms with Crippen molar-refractivity contribution in [2.75, 3.05) is 0 Å². The van der Waals surface area contributed by atoms with Gasteiger partial charge in [0.05, 0.1) is 0 Å². The third-order valence-electron chi connectivity index (χ3n) is 0. The van der Waals surface area contributed by atoms with E-state index in [2.05, 4.69) is 0 Å². The fourth-order valence-electron chi connectivity index (χ4n) is 0.